The lowest BCUT2D eigenvalue weighted by Gasteiger charge is -2.26. The van der Waals surface area contributed by atoms with Gasteiger partial charge in [-0.15, -0.1) is 0 Å². The van der Waals surface area contributed by atoms with Crippen molar-refractivity contribution in [1.82, 2.24) is 20.6 Å². The van der Waals surface area contributed by atoms with Gasteiger partial charge >= 0.3 is 0 Å². The largest absolute Gasteiger partial charge is 0.737 e. The predicted molar refractivity (Wildman–Crippen MR) is 46.9 cm³/mol. The highest BCUT2D eigenvalue weighted by Crippen LogP contribution is 2.19. The standard InChI is InChI=1S/C4H5N8O3/c5-1-3(10-14-8-1)7-12(13)4-2(6)9-15-11-4/h(H2,5,8)(H2,6,9)(H,7,10)/q-1. The average Bonchev–Trinajstić information content (AvgIpc) is 2.76. The van der Waals surface area contributed by atoms with E-state index in [1.807, 2.05) is 0 Å². The number of hydrazine groups is 1. The quantitative estimate of drug-likeness (QED) is 0.531. The number of anilines is 4. The molecule has 5 N–H and O–H groups in total. The molecular formula is C4H5N8O3-. The number of nitrogens with one attached hydrogen (secondary N) is 1. The molecule has 2 aromatic heterocycles. The molecule has 15 heavy (non-hydrogen) atoms. The highest BCUT2D eigenvalue weighted by molar-refractivity contribution is 5.63. The van der Waals surface area contributed by atoms with Gasteiger partial charge in [0.25, 0.3) is 0 Å². The number of nitrogen functional groups attached to an aromatic ring is 2. The molecule has 0 fully saturated rings. The van der Waals surface area contributed by atoms with E-state index in [1.165, 1.54) is 0 Å². The van der Waals surface area contributed by atoms with Gasteiger partial charge in [-0.3, -0.25) is 5.43 Å². The van der Waals surface area contributed by atoms with Crippen LogP contribution in [0.4, 0.5) is 23.3 Å². The molecule has 0 radical (unpaired) electrons. The average molecular weight is 213 g/mol. The molecule has 2 aromatic rings. The molecule has 0 unspecified atom stereocenters. The molecule has 0 bridgehead atoms. The number of hydrogen-bond donors (Lipinski definition) is 3. The van der Waals surface area contributed by atoms with Crippen molar-refractivity contribution in [3.63, 3.8) is 0 Å². The van der Waals surface area contributed by atoms with Crippen molar-refractivity contribution in [2.24, 2.45) is 0 Å². The minimum atomic E-state index is -0.252. The summed E-state index contributed by atoms with van der Waals surface area (Å²) in [6, 6.07) is 0. The Hall–Kier alpha value is -2.56. The third kappa shape index (κ3) is 1.58. The first-order chi connectivity index (χ1) is 7.18. The van der Waals surface area contributed by atoms with E-state index in [-0.39, 0.29) is 28.4 Å². The molecule has 0 aliphatic heterocycles. The van der Waals surface area contributed by atoms with Crippen molar-refractivity contribution in [2.75, 3.05) is 22.1 Å². The van der Waals surface area contributed by atoms with Gasteiger partial charge in [-0.1, -0.05) is 0 Å². The number of aromatic nitrogens is 4. The lowest BCUT2D eigenvalue weighted by Crippen LogP contribution is -2.24. The summed E-state index contributed by atoms with van der Waals surface area (Å²) in [6.45, 7) is 0. The molecule has 0 atom stereocenters. The highest BCUT2D eigenvalue weighted by atomic mass is 16.6. The summed E-state index contributed by atoms with van der Waals surface area (Å²) in [5.74, 6) is -0.566. The Morgan fingerprint density at radius 1 is 1.07 bits per heavy atom. The maximum Gasteiger partial charge on any atom is 0.232 e. The van der Waals surface area contributed by atoms with Crippen LogP contribution in [0.25, 0.3) is 0 Å². The van der Waals surface area contributed by atoms with Gasteiger partial charge in [0.1, 0.15) is 0 Å². The first-order valence-corrected chi connectivity index (χ1v) is 3.58. The van der Waals surface area contributed by atoms with E-state index in [4.69, 9.17) is 11.5 Å². The summed E-state index contributed by atoms with van der Waals surface area (Å²) in [7, 11) is 0. The zero-order chi connectivity index (χ0) is 10.8. The molecule has 0 amide bonds. The van der Waals surface area contributed by atoms with Crippen LogP contribution in [0.2, 0.25) is 0 Å². The minimum Gasteiger partial charge on any atom is -0.737 e. The van der Waals surface area contributed by atoms with E-state index >= 15 is 0 Å². The van der Waals surface area contributed by atoms with Crippen LogP contribution >= 0.6 is 0 Å². The van der Waals surface area contributed by atoms with Gasteiger partial charge in [-0.2, -0.15) is 0 Å². The van der Waals surface area contributed by atoms with E-state index in [1.54, 1.807) is 0 Å². The van der Waals surface area contributed by atoms with E-state index in [0.717, 1.165) is 0 Å². The Balaban J connectivity index is 2.14. The third-order valence-electron chi connectivity index (χ3n) is 1.41. The van der Waals surface area contributed by atoms with Crippen LogP contribution in [-0.2, 0) is 0 Å². The maximum atomic E-state index is 11.3. The van der Waals surface area contributed by atoms with Gasteiger partial charge < -0.3 is 21.8 Å². The first kappa shape index (κ1) is 9.01. The van der Waals surface area contributed by atoms with Crippen molar-refractivity contribution in [1.29, 1.82) is 0 Å². The van der Waals surface area contributed by atoms with Crippen LogP contribution < -0.4 is 22.1 Å². The van der Waals surface area contributed by atoms with Gasteiger partial charge in [0.05, 0.1) is 0 Å². The topological polar surface area (TPSA) is 168 Å². The van der Waals surface area contributed by atoms with Gasteiger partial charge in [0, 0.05) is 0 Å². The maximum absolute atomic E-state index is 11.3. The molecule has 0 aromatic carbocycles. The van der Waals surface area contributed by atoms with Crippen LogP contribution in [0.3, 0.4) is 0 Å². The lowest BCUT2D eigenvalue weighted by atomic mass is 10.6. The molecule has 2 heterocycles. The second-order valence-corrected chi connectivity index (χ2v) is 2.38. The molecule has 0 saturated heterocycles. The minimum absolute atomic E-state index is 0.0626. The van der Waals surface area contributed by atoms with Crippen LogP contribution in [0.5, 0.6) is 0 Å². The molecule has 0 aliphatic carbocycles. The molecule has 2 rings (SSSR count). The Morgan fingerprint density at radius 3 is 2.27 bits per heavy atom. The van der Waals surface area contributed by atoms with Crippen LogP contribution in [0.15, 0.2) is 9.26 Å². The Kier molecular flexibility index (Phi) is 1.98. The number of hydrogen-bond acceptors (Lipinski definition) is 11. The number of rotatable bonds is 3. The fraction of sp³-hybridized carbons (Fsp3) is 0. The summed E-state index contributed by atoms with van der Waals surface area (Å²) in [5.41, 5.74) is 12.7. The normalized spacial score (nSPS) is 10.2. The molecule has 80 valence electrons. The van der Waals surface area contributed by atoms with Crippen LogP contribution in [-0.4, -0.2) is 20.6 Å². The van der Waals surface area contributed by atoms with Crippen LogP contribution in [0, 0.1) is 5.21 Å². The molecular weight excluding hydrogens is 208 g/mol. The Labute approximate surface area is 81.5 Å². The monoisotopic (exact) mass is 213 g/mol. The first-order valence-electron chi connectivity index (χ1n) is 3.58. The smallest absolute Gasteiger partial charge is 0.232 e. The SMILES string of the molecule is Nc1nonc1NN([O-])c1nonc1N. The van der Waals surface area contributed by atoms with Gasteiger partial charge in [0.15, 0.2) is 0 Å². The fourth-order valence-corrected chi connectivity index (χ4v) is 0.754. The van der Waals surface area contributed by atoms with E-state index in [9.17, 15) is 5.21 Å². The zero-order valence-corrected chi connectivity index (χ0v) is 7.12. The molecule has 11 nitrogen and oxygen atoms in total. The second-order valence-electron chi connectivity index (χ2n) is 2.38. The number of nitrogens with zero attached hydrogens (tertiary/aromatic N) is 5. The van der Waals surface area contributed by atoms with Crippen molar-refractivity contribution in [2.45, 2.75) is 0 Å². The van der Waals surface area contributed by atoms with Gasteiger partial charge in [0.2, 0.25) is 23.3 Å². The summed E-state index contributed by atoms with van der Waals surface area (Å²) in [6.07, 6.45) is 0. The second kappa shape index (κ2) is 3.30. The Morgan fingerprint density at radius 2 is 1.73 bits per heavy atom. The highest BCUT2D eigenvalue weighted by Gasteiger charge is 2.11. The van der Waals surface area contributed by atoms with Crippen molar-refractivity contribution >= 4 is 23.3 Å². The summed E-state index contributed by atoms with van der Waals surface area (Å²) in [4.78, 5) is 0. The molecule has 11 heteroatoms. The van der Waals surface area contributed by atoms with Gasteiger partial charge in [-0.05, 0) is 20.6 Å². The van der Waals surface area contributed by atoms with E-state index < -0.39 is 0 Å². The van der Waals surface area contributed by atoms with Crippen LogP contribution in [0.1, 0.15) is 0 Å². The third-order valence-corrected chi connectivity index (χ3v) is 1.41. The summed E-state index contributed by atoms with van der Waals surface area (Å²) >= 11 is 0. The van der Waals surface area contributed by atoms with Crippen molar-refractivity contribution in [3.8, 4) is 0 Å². The Bertz CT molecular complexity index is 450. The number of nitrogens with two attached hydrogens (primary N) is 2. The summed E-state index contributed by atoms with van der Waals surface area (Å²) < 4.78 is 8.47. The van der Waals surface area contributed by atoms with E-state index in [2.05, 4.69) is 35.3 Å². The molecule has 0 spiro atoms. The van der Waals surface area contributed by atoms with Gasteiger partial charge in [-0.25, -0.2) is 9.26 Å². The lowest BCUT2D eigenvalue weighted by molar-refractivity contribution is 0.309. The van der Waals surface area contributed by atoms with E-state index in [0.29, 0.717) is 0 Å². The predicted octanol–water partition coefficient (Wildman–Crippen LogP) is -1.05. The van der Waals surface area contributed by atoms with Crippen molar-refractivity contribution in [3.05, 3.63) is 5.21 Å². The zero-order valence-electron chi connectivity index (χ0n) is 7.12. The van der Waals surface area contributed by atoms with Crippen molar-refractivity contribution < 1.29 is 9.26 Å². The summed E-state index contributed by atoms with van der Waals surface area (Å²) in [5, 5.41) is 24.5. The fourth-order valence-electron chi connectivity index (χ4n) is 0.754. The molecule has 0 saturated carbocycles. The molecule has 0 aliphatic rings.